The maximum atomic E-state index is 5.67. The van der Waals surface area contributed by atoms with Crippen LogP contribution in [0.5, 0.6) is 0 Å². The van der Waals surface area contributed by atoms with Gasteiger partial charge in [-0.25, -0.2) is 9.97 Å². The minimum atomic E-state index is 0.280. The second kappa shape index (κ2) is 7.50. The van der Waals surface area contributed by atoms with Gasteiger partial charge in [-0.05, 0) is 38.4 Å². The molecule has 2 aliphatic heterocycles. The zero-order chi connectivity index (χ0) is 17.1. The molecule has 0 saturated carbocycles. The lowest BCUT2D eigenvalue weighted by Crippen LogP contribution is -2.39. The number of nitrogens with zero attached hydrogens (tertiary/aromatic N) is 4. The summed E-state index contributed by atoms with van der Waals surface area (Å²) in [6.07, 6.45) is 5.87. The number of benzene rings is 1. The molecule has 2 atom stereocenters. The first kappa shape index (κ1) is 16.5. The summed E-state index contributed by atoms with van der Waals surface area (Å²) in [5.74, 6) is 1.80. The number of anilines is 1. The fraction of sp³-hybridized carbons (Fsp3) is 0.500. The Balaban J connectivity index is 1.57. The molecule has 4 rings (SSSR count). The molecule has 0 amide bonds. The second-order valence-corrected chi connectivity index (χ2v) is 7.01. The van der Waals surface area contributed by atoms with Crippen LogP contribution in [0.1, 0.15) is 19.3 Å². The molecule has 0 aliphatic carbocycles. The van der Waals surface area contributed by atoms with Gasteiger partial charge < -0.3 is 14.5 Å². The van der Waals surface area contributed by atoms with Crippen molar-refractivity contribution in [1.82, 2.24) is 14.9 Å². The Hall–Kier alpha value is -1.98. The fourth-order valence-corrected chi connectivity index (χ4v) is 4.00. The maximum Gasteiger partial charge on any atom is 0.161 e. The van der Waals surface area contributed by atoms with E-state index >= 15 is 0 Å². The SMILES string of the molecule is CO[C@H]1C[C@@H](CN2CCCC2)N(c2ccnc(-c3ccccc3)n2)C1. The number of likely N-dealkylation sites (tertiary alicyclic amines) is 1. The second-order valence-electron chi connectivity index (χ2n) is 7.01. The molecule has 5 heteroatoms. The standard InChI is InChI=1S/C20H26N4O/c1-25-18-13-17(14-23-11-5-6-12-23)24(15-18)19-9-10-21-20(22-19)16-7-3-2-4-8-16/h2-4,7-10,17-18H,5-6,11-15H2,1H3/t17-,18-/m0/s1. The maximum absolute atomic E-state index is 5.67. The van der Waals surface area contributed by atoms with Crippen LogP contribution in [-0.2, 0) is 4.74 Å². The van der Waals surface area contributed by atoms with E-state index in [-0.39, 0.29) is 6.10 Å². The highest BCUT2D eigenvalue weighted by Crippen LogP contribution is 2.28. The van der Waals surface area contributed by atoms with E-state index in [1.807, 2.05) is 37.6 Å². The minimum absolute atomic E-state index is 0.280. The zero-order valence-corrected chi connectivity index (χ0v) is 14.8. The van der Waals surface area contributed by atoms with Gasteiger partial charge >= 0.3 is 0 Å². The van der Waals surface area contributed by atoms with Gasteiger partial charge in [0.1, 0.15) is 5.82 Å². The molecule has 0 radical (unpaired) electrons. The predicted molar refractivity (Wildman–Crippen MR) is 99.7 cm³/mol. The van der Waals surface area contributed by atoms with Crippen LogP contribution >= 0.6 is 0 Å². The van der Waals surface area contributed by atoms with Crippen molar-refractivity contribution >= 4 is 5.82 Å². The lowest BCUT2D eigenvalue weighted by atomic mass is 10.2. The number of hydrogen-bond donors (Lipinski definition) is 0. The van der Waals surface area contributed by atoms with Crippen LogP contribution in [0.2, 0.25) is 0 Å². The Morgan fingerprint density at radius 1 is 1.12 bits per heavy atom. The van der Waals surface area contributed by atoms with Crippen molar-refractivity contribution in [1.29, 1.82) is 0 Å². The lowest BCUT2D eigenvalue weighted by molar-refractivity contribution is 0.116. The van der Waals surface area contributed by atoms with E-state index in [2.05, 4.69) is 26.9 Å². The van der Waals surface area contributed by atoms with Gasteiger partial charge in [-0.3, -0.25) is 0 Å². The van der Waals surface area contributed by atoms with Crippen molar-refractivity contribution in [3.05, 3.63) is 42.6 Å². The molecule has 2 aliphatic rings. The van der Waals surface area contributed by atoms with Gasteiger partial charge in [0.15, 0.2) is 5.82 Å². The van der Waals surface area contributed by atoms with Gasteiger partial charge in [0, 0.05) is 38.0 Å². The average molecular weight is 338 g/mol. The molecule has 0 N–H and O–H groups in total. The van der Waals surface area contributed by atoms with Gasteiger partial charge in [0.2, 0.25) is 0 Å². The Morgan fingerprint density at radius 3 is 2.68 bits per heavy atom. The molecule has 0 spiro atoms. The molecule has 2 aromatic rings. The quantitative estimate of drug-likeness (QED) is 0.838. The topological polar surface area (TPSA) is 41.5 Å². The van der Waals surface area contributed by atoms with Crippen molar-refractivity contribution in [2.24, 2.45) is 0 Å². The molecule has 132 valence electrons. The third kappa shape index (κ3) is 3.67. The van der Waals surface area contributed by atoms with Gasteiger partial charge in [0.25, 0.3) is 0 Å². The minimum Gasteiger partial charge on any atom is -0.380 e. The number of ether oxygens (including phenoxy) is 1. The number of methoxy groups -OCH3 is 1. The van der Waals surface area contributed by atoms with E-state index in [0.29, 0.717) is 6.04 Å². The molecule has 1 aromatic carbocycles. The largest absolute Gasteiger partial charge is 0.380 e. The summed E-state index contributed by atoms with van der Waals surface area (Å²) in [7, 11) is 1.82. The molecule has 2 fully saturated rings. The van der Waals surface area contributed by atoms with Crippen molar-refractivity contribution < 1.29 is 4.74 Å². The van der Waals surface area contributed by atoms with Crippen LogP contribution in [0.4, 0.5) is 5.82 Å². The molecule has 0 unspecified atom stereocenters. The van der Waals surface area contributed by atoms with E-state index < -0.39 is 0 Å². The third-order valence-corrected chi connectivity index (χ3v) is 5.34. The highest BCUT2D eigenvalue weighted by molar-refractivity contribution is 5.57. The van der Waals surface area contributed by atoms with E-state index in [0.717, 1.165) is 36.7 Å². The zero-order valence-electron chi connectivity index (χ0n) is 14.8. The lowest BCUT2D eigenvalue weighted by Gasteiger charge is -2.29. The Labute approximate surface area is 149 Å². The summed E-state index contributed by atoms with van der Waals surface area (Å²) in [6.45, 7) is 4.45. The summed E-state index contributed by atoms with van der Waals surface area (Å²) >= 11 is 0. The normalized spacial score (nSPS) is 24.1. The molecule has 25 heavy (non-hydrogen) atoms. The molecule has 5 nitrogen and oxygen atoms in total. The van der Waals surface area contributed by atoms with Crippen LogP contribution in [-0.4, -0.2) is 60.3 Å². The first-order valence-electron chi connectivity index (χ1n) is 9.24. The highest BCUT2D eigenvalue weighted by atomic mass is 16.5. The summed E-state index contributed by atoms with van der Waals surface area (Å²) in [5, 5.41) is 0. The van der Waals surface area contributed by atoms with Crippen molar-refractivity contribution in [2.75, 3.05) is 38.2 Å². The van der Waals surface area contributed by atoms with E-state index in [1.54, 1.807) is 0 Å². The Kier molecular flexibility index (Phi) is 4.95. The Morgan fingerprint density at radius 2 is 1.92 bits per heavy atom. The van der Waals surface area contributed by atoms with Gasteiger partial charge in [-0.1, -0.05) is 30.3 Å². The van der Waals surface area contributed by atoms with Gasteiger partial charge in [-0.2, -0.15) is 0 Å². The molecule has 0 bridgehead atoms. The van der Waals surface area contributed by atoms with Crippen molar-refractivity contribution in [3.8, 4) is 11.4 Å². The van der Waals surface area contributed by atoms with E-state index in [4.69, 9.17) is 9.72 Å². The summed E-state index contributed by atoms with van der Waals surface area (Å²) in [6, 6.07) is 12.7. The first-order chi connectivity index (χ1) is 12.3. The molecular weight excluding hydrogens is 312 g/mol. The van der Waals surface area contributed by atoms with Crippen LogP contribution in [0.15, 0.2) is 42.6 Å². The molecule has 3 heterocycles. The molecular formula is C20H26N4O. The summed E-state index contributed by atoms with van der Waals surface area (Å²) in [5.41, 5.74) is 1.06. The van der Waals surface area contributed by atoms with Crippen LogP contribution < -0.4 is 4.90 Å². The number of rotatable bonds is 5. The average Bonchev–Trinajstić information content (AvgIpc) is 3.33. The fourth-order valence-electron chi connectivity index (χ4n) is 4.00. The van der Waals surface area contributed by atoms with Crippen molar-refractivity contribution in [2.45, 2.75) is 31.4 Å². The van der Waals surface area contributed by atoms with Gasteiger partial charge in [0.05, 0.1) is 6.10 Å². The monoisotopic (exact) mass is 338 g/mol. The van der Waals surface area contributed by atoms with Crippen LogP contribution in [0, 0.1) is 0 Å². The molecule has 1 aromatic heterocycles. The summed E-state index contributed by atoms with van der Waals surface area (Å²) < 4.78 is 5.67. The summed E-state index contributed by atoms with van der Waals surface area (Å²) in [4.78, 5) is 14.3. The molecule has 2 saturated heterocycles. The van der Waals surface area contributed by atoms with Crippen molar-refractivity contribution in [3.63, 3.8) is 0 Å². The first-order valence-corrected chi connectivity index (χ1v) is 9.24. The van der Waals surface area contributed by atoms with Gasteiger partial charge in [-0.15, -0.1) is 0 Å². The third-order valence-electron chi connectivity index (χ3n) is 5.34. The predicted octanol–water partition coefficient (Wildman–Crippen LogP) is 2.83. The van der Waals surface area contributed by atoms with E-state index in [9.17, 15) is 0 Å². The number of aromatic nitrogens is 2. The van der Waals surface area contributed by atoms with Crippen LogP contribution in [0.25, 0.3) is 11.4 Å². The van der Waals surface area contributed by atoms with Crippen LogP contribution in [0.3, 0.4) is 0 Å². The smallest absolute Gasteiger partial charge is 0.161 e. The highest BCUT2D eigenvalue weighted by Gasteiger charge is 2.34. The number of hydrogen-bond acceptors (Lipinski definition) is 5. The Bertz CT molecular complexity index is 687. The van der Waals surface area contributed by atoms with E-state index in [1.165, 1.54) is 25.9 Å².